The lowest BCUT2D eigenvalue weighted by Gasteiger charge is -2.34. The van der Waals surface area contributed by atoms with E-state index in [9.17, 15) is 9.59 Å². The van der Waals surface area contributed by atoms with Crippen molar-refractivity contribution in [3.8, 4) is 0 Å². The molecule has 1 aliphatic rings. The molecule has 27 heavy (non-hydrogen) atoms. The van der Waals surface area contributed by atoms with Gasteiger partial charge in [0, 0.05) is 50.2 Å². The largest absolute Gasteiger partial charge is 0.351 e. The normalized spacial score (nSPS) is 15.2. The van der Waals surface area contributed by atoms with Crippen molar-refractivity contribution < 1.29 is 9.59 Å². The lowest BCUT2D eigenvalue weighted by molar-refractivity contribution is 0.0638. The van der Waals surface area contributed by atoms with Crippen LogP contribution in [0.4, 0.5) is 0 Å². The van der Waals surface area contributed by atoms with E-state index in [-0.39, 0.29) is 11.8 Å². The maximum atomic E-state index is 12.7. The molecule has 6 nitrogen and oxygen atoms in total. The fourth-order valence-electron chi connectivity index (χ4n) is 3.10. The number of nitrogens with zero attached hydrogens (tertiary/aromatic N) is 3. The van der Waals surface area contributed by atoms with Crippen molar-refractivity contribution in [3.63, 3.8) is 0 Å². The van der Waals surface area contributed by atoms with Crippen LogP contribution in [0.15, 0.2) is 41.1 Å². The van der Waals surface area contributed by atoms with Crippen molar-refractivity contribution in [2.45, 2.75) is 0 Å². The lowest BCUT2D eigenvalue weighted by atomic mass is 10.3. The van der Waals surface area contributed by atoms with Gasteiger partial charge in [0.1, 0.15) is 0 Å². The molecular formula is C19H20N4O2S2. The Hall–Kier alpha value is -2.29. The van der Waals surface area contributed by atoms with Gasteiger partial charge < -0.3 is 10.2 Å². The van der Waals surface area contributed by atoms with Crippen LogP contribution >= 0.6 is 22.7 Å². The topological polar surface area (TPSA) is 65.5 Å². The summed E-state index contributed by atoms with van der Waals surface area (Å²) in [6.45, 7) is 4.40. The van der Waals surface area contributed by atoms with Crippen LogP contribution in [-0.2, 0) is 0 Å². The smallest absolute Gasteiger partial charge is 0.282 e. The second kappa shape index (κ2) is 8.16. The van der Waals surface area contributed by atoms with Crippen LogP contribution in [-0.4, -0.2) is 65.9 Å². The number of fused-ring (bicyclic) bond motifs is 1. The number of hydrogen-bond acceptors (Lipinski definition) is 6. The van der Waals surface area contributed by atoms with Gasteiger partial charge in [-0.15, -0.1) is 11.3 Å². The van der Waals surface area contributed by atoms with Crippen LogP contribution < -0.4 is 5.32 Å². The van der Waals surface area contributed by atoms with Gasteiger partial charge in [-0.25, -0.2) is 4.98 Å². The van der Waals surface area contributed by atoms with E-state index in [1.807, 2.05) is 46.0 Å². The third kappa shape index (κ3) is 4.18. The molecule has 8 heteroatoms. The van der Waals surface area contributed by atoms with Gasteiger partial charge in [-0.3, -0.25) is 14.5 Å². The third-order valence-electron chi connectivity index (χ3n) is 4.63. The molecule has 140 valence electrons. The molecule has 0 atom stereocenters. The Morgan fingerprint density at radius 2 is 1.93 bits per heavy atom. The number of thiazole rings is 1. The first-order chi connectivity index (χ1) is 13.2. The molecule has 0 saturated carbocycles. The molecule has 2 aromatic heterocycles. The fourth-order valence-corrected chi connectivity index (χ4v) is 4.67. The molecule has 0 radical (unpaired) electrons. The monoisotopic (exact) mass is 400 g/mol. The van der Waals surface area contributed by atoms with Crippen LogP contribution in [0.25, 0.3) is 10.2 Å². The van der Waals surface area contributed by atoms with Crippen molar-refractivity contribution in [3.05, 3.63) is 51.7 Å². The van der Waals surface area contributed by atoms with E-state index < -0.39 is 0 Å². The van der Waals surface area contributed by atoms with Gasteiger partial charge in [0.15, 0.2) is 5.01 Å². The summed E-state index contributed by atoms with van der Waals surface area (Å²) in [5, 5.41) is 7.26. The minimum atomic E-state index is -0.0269. The number of amides is 2. The molecule has 0 spiro atoms. The first kappa shape index (κ1) is 18.1. The minimum Gasteiger partial charge on any atom is -0.351 e. The number of carbonyl (C=O) groups is 2. The molecule has 0 unspecified atom stereocenters. The van der Waals surface area contributed by atoms with Gasteiger partial charge >= 0.3 is 0 Å². The molecule has 1 N–H and O–H groups in total. The number of carbonyl (C=O) groups excluding carboxylic acids is 2. The molecule has 1 saturated heterocycles. The molecule has 2 amide bonds. The number of hydrogen-bond donors (Lipinski definition) is 1. The van der Waals surface area contributed by atoms with Crippen molar-refractivity contribution in [2.24, 2.45) is 0 Å². The zero-order valence-corrected chi connectivity index (χ0v) is 16.4. The van der Waals surface area contributed by atoms with Gasteiger partial charge in [0.05, 0.1) is 10.2 Å². The highest BCUT2D eigenvalue weighted by atomic mass is 32.1. The number of nitrogens with one attached hydrogen (secondary N) is 1. The van der Waals surface area contributed by atoms with E-state index in [1.54, 1.807) is 0 Å². The maximum Gasteiger partial charge on any atom is 0.282 e. The van der Waals surface area contributed by atoms with Crippen molar-refractivity contribution >= 4 is 44.7 Å². The van der Waals surface area contributed by atoms with E-state index in [0.717, 1.165) is 29.9 Å². The molecule has 1 fully saturated rings. The number of aromatic nitrogens is 1. The Morgan fingerprint density at radius 1 is 1.11 bits per heavy atom. The van der Waals surface area contributed by atoms with Crippen LogP contribution in [0.5, 0.6) is 0 Å². The minimum absolute atomic E-state index is 0.0154. The highest BCUT2D eigenvalue weighted by Crippen LogP contribution is 2.23. The van der Waals surface area contributed by atoms with Gasteiger partial charge in [0.25, 0.3) is 11.8 Å². The molecular weight excluding hydrogens is 380 g/mol. The molecule has 4 rings (SSSR count). The van der Waals surface area contributed by atoms with E-state index in [1.165, 1.54) is 22.7 Å². The zero-order chi connectivity index (χ0) is 18.6. The van der Waals surface area contributed by atoms with Gasteiger partial charge in [-0.1, -0.05) is 12.1 Å². The predicted octanol–water partition coefficient (Wildman–Crippen LogP) is 2.55. The summed E-state index contributed by atoms with van der Waals surface area (Å²) in [6.07, 6.45) is 0. The fraction of sp³-hybridized carbons (Fsp3) is 0.316. The van der Waals surface area contributed by atoms with Gasteiger partial charge in [-0.2, -0.15) is 11.3 Å². The molecule has 1 aromatic carbocycles. The maximum absolute atomic E-state index is 12.7. The highest BCUT2D eigenvalue weighted by molar-refractivity contribution is 7.20. The van der Waals surface area contributed by atoms with Gasteiger partial charge in [-0.05, 0) is 23.6 Å². The second-order valence-electron chi connectivity index (χ2n) is 6.39. The van der Waals surface area contributed by atoms with Crippen LogP contribution in [0.1, 0.15) is 20.2 Å². The van der Waals surface area contributed by atoms with Crippen molar-refractivity contribution in [1.29, 1.82) is 0 Å². The molecule has 0 aliphatic carbocycles. The summed E-state index contributed by atoms with van der Waals surface area (Å²) in [6, 6.07) is 9.65. The molecule has 1 aliphatic heterocycles. The Bertz CT molecular complexity index is 897. The summed E-state index contributed by atoms with van der Waals surface area (Å²) in [7, 11) is 0. The Labute approximate surface area is 165 Å². The second-order valence-corrected chi connectivity index (χ2v) is 8.20. The number of benzene rings is 1. The lowest BCUT2D eigenvalue weighted by Crippen LogP contribution is -2.50. The molecule has 0 bridgehead atoms. The summed E-state index contributed by atoms with van der Waals surface area (Å²) in [5.74, 6) is -0.0116. The van der Waals surface area contributed by atoms with Crippen molar-refractivity contribution in [1.82, 2.24) is 20.1 Å². The number of thiophene rings is 1. The number of piperazine rings is 1. The van der Waals surface area contributed by atoms with Crippen LogP contribution in [0, 0.1) is 0 Å². The average Bonchev–Trinajstić information content (AvgIpc) is 3.37. The summed E-state index contributed by atoms with van der Waals surface area (Å²) in [4.78, 5) is 33.3. The van der Waals surface area contributed by atoms with Crippen molar-refractivity contribution in [2.75, 3.05) is 39.3 Å². The standard InChI is InChI=1S/C19H20N4O2S2/c24-17(14-5-12-26-13-14)20-6-7-22-8-10-23(11-9-22)19(25)18-21-15-3-1-2-4-16(15)27-18/h1-5,12-13H,6-11H2,(H,20,24). The Kier molecular flexibility index (Phi) is 5.47. The average molecular weight is 401 g/mol. The first-order valence-electron chi connectivity index (χ1n) is 8.88. The Balaban J connectivity index is 1.25. The van der Waals surface area contributed by atoms with E-state index in [2.05, 4.69) is 15.2 Å². The summed E-state index contributed by atoms with van der Waals surface area (Å²) < 4.78 is 1.04. The number of para-hydroxylation sites is 1. The van der Waals surface area contributed by atoms with E-state index in [0.29, 0.717) is 30.2 Å². The molecule has 3 heterocycles. The third-order valence-corrected chi connectivity index (χ3v) is 6.34. The molecule has 3 aromatic rings. The number of rotatable bonds is 5. The van der Waals surface area contributed by atoms with Crippen LogP contribution in [0.3, 0.4) is 0 Å². The van der Waals surface area contributed by atoms with E-state index >= 15 is 0 Å². The van der Waals surface area contributed by atoms with E-state index in [4.69, 9.17) is 0 Å². The Morgan fingerprint density at radius 3 is 2.67 bits per heavy atom. The SMILES string of the molecule is O=C(NCCN1CCN(C(=O)c2nc3ccccc3s2)CC1)c1ccsc1. The first-order valence-corrected chi connectivity index (χ1v) is 10.6. The summed E-state index contributed by atoms with van der Waals surface area (Å²) in [5.41, 5.74) is 1.59. The van der Waals surface area contributed by atoms with Crippen LogP contribution in [0.2, 0.25) is 0 Å². The highest BCUT2D eigenvalue weighted by Gasteiger charge is 2.24. The quantitative estimate of drug-likeness (QED) is 0.715. The summed E-state index contributed by atoms with van der Waals surface area (Å²) >= 11 is 2.97. The zero-order valence-electron chi connectivity index (χ0n) is 14.8. The predicted molar refractivity (Wildman–Crippen MR) is 109 cm³/mol. The van der Waals surface area contributed by atoms with Gasteiger partial charge in [0.2, 0.25) is 0 Å².